The van der Waals surface area contributed by atoms with Crippen molar-refractivity contribution in [3.8, 4) is 0 Å². The standard InChI is InChI=1S/C18H21NOS/c1-3-13-5-4-6-15(10-13)19-18(20)17-11-14-9-12(2)7-8-16(14)21-17/h4-6,10-12H,3,7-9H2,1-2H3,(H,19,20)/t12-/m1/s1. The summed E-state index contributed by atoms with van der Waals surface area (Å²) in [5.74, 6) is 0.763. The number of carbonyl (C=O) groups is 1. The third-order valence-electron chi connectivity index (χ3n) is 4.15. The number of thiophene rings is 1. The lowest BCUT2D eigenvalue weighted by Crippen LogP contribution is -2.10. The van der Waals surface area contributed by atoms with Crippen LogP contribution in [0.3, 0.4) is 0 Å². The average Bonchev–Trinajstić information content (AvgIpc) is 2.90. The maximum Gasteiger partial charge on any atom is 0.265 e. The van der Waals surface area contributed by atoms with E-state index >= 15 is 0 Å². The Hall–Kier alpha value is -1.61. The molecule has 0 fully saturated rings. The van der Waals surface area contributed by atoms with Crippen LogP contribution in [0.15, 0.2) is 30.3 Å². The summed E-state index contributed by atoms with van der Waals surface area (Å²) in [6.45, 7) is 4.41. The minimum absolute atomic E-state index is 0.0234. The molecular formula is C18H21NOS. The first-order chi connectivity index (χ1) is 10.2. The molecule has 1 aliphatic carbocycles. The number of amides is 1. The number of rotatable bonds is 3. The van der Waals surface area contributed by atoms with Crippen molar-refractivity contribution >= 4 is 22.9 Å². The van der Waals surface area contributed by atoms with Gasteiger partial charge >= 0.3 is 0 Å². The van der Waals surface area contributed by atoms with Crippen LogP contribution in [0.2, 0.25) is 0 Å². The Morgan fingerprint density at radius 3 is 3.05 bits per heavy atom. The summed E-state index contributed by atoms with van der Waals surface area (Å²) in [7, 11) is 0. The number of fused-ring (bicyclic) bond motifs is 1. The first-order valence-corrected chi connectivity index (χ1v) is 8.49. The first kappa shape index (κ1) is 14.3. The Kier molecular flexibility index (Phi) is 4.11. The van der Waals surface area contributed by atoms with E-state index in [1.165, 1.54) is 22.4 Å². The molecule has 1 aliphatic rings. The second kappa shape index (κ2) is 6.02. The molecule has 0 saturated heterocycles. The molecule has 21 heavy (non-hydrogen) atoms. The highest BCUT2D eigenvalue weighted by molar-refractivity contribution is 7.14. The normalized spacial score (nSPS) is 17.3. The molecule has 3 heteroatoms. The molecule has 0 radical (unpaired) electrons. The summed E-state index contributed by atoms with van der Waals surface area (Å²) >= 11 is 1.66. The smallest absolute Gasteiger partial charge is 0.265 e. The van der Waals surface area contributed by atoms with Gasteiger partial charge in [-0.25, -0.2) is 0 Å². The van der Waals surface area contributed by atoms with Gasteiger partial charge in [-0.2, -0.15) is 0 Å². The van der Waals surface area contributed by atoms with E-state index in [1.807, 2.05) is 18.2 Å². The van der Waals surface area contributed by atoms with Crippen LogP contribution in [0.1, 0.15) is 45.9 Å². The van der Waals surface area contributed by atoms with E-state index in [2.05, 4.69) is 31.3 Å². The predicted octanol–water partition coefficient (Wildman–Crippen LogP) is 4.69. The van der Waals surface area contributed by atoms with Crippen molar-refractivity contribution < 1.29 is 4.79 Å². The van der Waals surface area contributed by atoms with E-state index in [1.54, 1.807) is 11.3 Å². The van der Waals surface area contributed by atoms with Crippen LogP contribution >= 0.6 is 11.3 Å². The summed E-state index contributed by atoms with van der Waals surface area (Å²) in [6, 6.07) is 10.2. The Bertz CT molecular complexity index is 659. The number of anilines is 1. The molecule has 1 aromatic heterocycles. The van der Waals surface area contributed by atoms with Gasteiger partial charge in [0.25, 0.3) is 5.91 Å². The molecular weight excluding hydrogens is 278 g/mol. The van der Waals surface area contributed by atoms with Gasteiger partial charge < -0.3 is 5.32 Å². The van der Waals surface area contributed by atoms with E-state index in [0.29, 0.717) is 0 Å². The van der Waals surface area contributed by atoms with Gasteiger partial charge in [0, 0.05) is 10.6 Å². The molecule has 0 aliphatic heterocycles. The number of hydrogen-bond acceptors (Lipinski definition) is 2. The molecule has 2 nitrogen and oxygen atoms in total. The van der Waals surface area contributed by atoms with Crippen molar-refractivity contribution in [1.29, 1.82) is 0 Å². The molecule has 110 valence electrons. The lowest BCUT2D eigenvalue weighted by Gasteiger charge is -2.16. The zero-order valence-corrected chi connectivity index (χ0v) is 13.4. The molecule has 3 rings (SSSR count). The Morgan fingerprint density at radius 1 is 1.38 bits per heavy atom. The first-order valence-electron chi connectivity index (χ1n) is 7.67. The van der Waals surface area contributed by atoms with Crippen molar-refractivity contribution in [3.63, 3.8) is 0 Å². The Balaban J connectivity index is 1.76. The second-order valence-electron chi connectivity index (χ2n) is 5.92. The fraction of sp³-hybridized carbons (Fsp3) is 0.389. The highest BCUT2D eigenvalue weighted by atomic mass is 32.1. The lowest BCUT2D eigenvalue weighted by molar-refractivity contribution is 0.103. The molecule has 1 atom stereocenters. The molecule has 1 amide bonds. The molecule has 0 bridgehead atoms. The topological polar surface area (TPSA) is 29.1 Å². The van der Waals surface area contributed by atoms with E-state index in [0.717, 1.165) is 35.7 Å². The average molecular weight is 299 g/mol. The quantitative estimate of drug-likeness (QED) is 0.875. The fourth-order valence-electron chi connectivity index (χ4n) is 2.88. The summed E-state index contributed by atoms with van der Waals surface area (Å²) in [5, 5.41) is 3.02. The monoisotopic (exact) mass is 299 g/mol. The Labute approximate surface area is 130 Å². The van der Waals surface area contributed by atoms with Crippen molar-refractivity contribution in [2.75, 3.05) is 5.32 Å². The van der Waals surface area contributed by atoms with E-state index < -0.39 is 0 Å². The van der Waals surface area contributed by atoms with Crippen molar-refractivity contribution in [2.45, 2.75) is 39.5 Å². The van der Waals surface area contributed by atoms with Gasteiger partial charge in [-0.05, 0) is 60.9 Å². The van der Waals surface area contributed by atoms with Crippen LogP contribution < -0.4 is 5.32 Å². The summed E-state index contributed by atoms with van der Waals surface area (Å²) in [6.07, 6.45) is 4.46. The third-order valence-corrected chi connectivity index (χ3v) is 5.38. The van der Waals surface area contributed by atoms with E-state index in [4.69, 9.17) is 0 Å². The minimum Gasteiger partial charge on any atom is -0.321 e. The number of hydrogen-bond donors (Lipinski definition) is 1. The third kappa shape index (κ3) is 3.18. The van der Waals surface area contributed by atoms with E-state index in [-0.39, 0.29) is 5.91 Å². The van der Waals surface area contributed by atoms with Gasteiger partial charge in [0.15, 0.2) is 0 Å². The fourth-order valence-corrected chi connectivity index (χ4v) is 3.98. The minimum atomic E-state index is 0.0234. The molecule has 0 unspecified atom stereocenters. The van der Waals surface area contributed by atoms with Crippen molar-refractivity contribution in [3.05, 3.63) is 51.2 Å². The molecule has 0 spiro atoms. The largest absolute Gasteiger partial charge is 0.321 e. The molecule has 0 saturated carbocycles. The van der Waals surface area contributed by atoms with E-state index in [9.17, 15) is 4.79 Å². The molecule has 2 aromatic rings. The van der Waals surface area contributed by atoms with Gasteiger partial charge in [-0.3, -0.25) is 4.79 Å². The summed E-state index contributed by atoms with van der Waals surface area (Å²) in [5.41, 5.74) is 3.51. The van der Waals surface area contributed by atoms with Gasteiger partial charge in [0.05, 0.1) is 4.88 Å². The molecule has 1 heterocycles. The number of benzene rings is 1. The SMILES string of the molecule is CCc1cccc(NC(=O)c2cc3c(s2)CC[C@@H](C)C3)c1. The maximum absolute atomic E-state index is 12.4. The van der Waals surface area contributed by atoms with Gasteiger partial charge in [-0.15, -0.1) is 11.3 Å². The van der Waals surface area contributed by atoms with Crippen LogP contribution in [0.4, 0.5) is 5.69 Å². The highest BCUT2D eigenvalue weighted by Gasteiger charge is 2.20. The van der Waals surface area contributed by atoms with Crippen molar-refractivity contribution in [1.82, 2.24) is 0 Å². The predicted molar refractivity (Wildman–Crippen MR) is 89.3 cm³/mol. The van der Waals surface area contributed by atoms with Crippen molar-refractivity contribution in [2.24, 2.45) is 5.92 Å². The highest BCUT2D eigenvalue weighted by Crippen LogP contribution is 2.32. The van der Waals surface area contributed by atoms with Crippen LogP contribution in [-0.2, 0) is 19.3 Å². The number of carbonyl (C=O) groups excluding carboxylic acids is 1. The summed E-state index contributed by atoms with van der Waals surface area (Å²) in [4.78, 5) is 14.7. The number of aryl methyl sites for hydroxylation is 2. The molecule has 1 aromatic carbocycles. The second-order valence-corrected chi connectivity index (χ2v) is 7.05. The zero-order chi connectivity index (χ0) is 14.8. The van der Waals surface area contributed by atoms with Gasteiger partial charge in [0.2, 0.25) is 0 Å². The zero-order valence-electron chi connectivity index (χ0n) is 12.6. The van der Waals surface area contributed by atoms with Crippen LogP contribution in [0.5, 0.6) is 0 Å². The molecule has 1 N–H and O–H groups in total. The van der Waals surface area contributed by atoms with Gasteiger partial charge in [0.1, 0.15) is 0 Å². The number of nitrogens with one attached hydrogen (secondary N) is 1. The maximum atomic E-state index is 12.4. The van der Waals surface area contributed by atoms with Crippen LogP contribution in [0.25, 0.3) is 0 Å². The summed E-state index contributed by atoms with van der Waals surface area (Å²) < 4.78 is 0. The Morgan fingerprint density at radius 2 is 2.24 bits per heavy atom. The van der Waals surface area contributed by atoms with Crippen LogP contribution in [0, 0.1) is 5.92 Å². The lowest BCUT2D eigenvalue weighted by atomic mass is 9.90. The van der Waals surface area contributed by atoms with Gasteiger partial charge in [-0.1, -0.05) is 26.0 Å². The van der Waals surface area contributed by atoms with Crippen LogP contribution in [-0.4, -0.2) is 5.91 Å².